The van der Waals surface area contributed by atoms with Crippen LogP contribution in [-0.4, -0.2) is 88.4 Å². The molecule has 6 nitrogen and oxygen atoms in total. The van der Waals surface area contributed by atoms with Gasteiger partial charge < -0.3 is 20.3 Å². The summed E-state index contributed by atoms with van der Waals surface area (Å²) in [5.41, 5.74) is 0.392. The molecule has 152 valence electrons. The first-order chi connectivity index (χ1) is 12.7. The molecule has 1 heterocycles. The molecule has 26 heavy (non-hydrogen) atoms. The molecule has 0 spiro atoms. The highest BCUT2D eigenvalue weighted by Crippen LogP contribution is 2.40. The quantitative estimate of drug-likeness (QED) is 0.350. The van der Waals surface area contributed by atoms with Crippen molar-refractivity contribution in [1.29, 1.82) is 0 Å². The van der Waals surface area contributed by atoms with Crippen LogP contribution in [-0.2, 0) is 4.74 Å². The molecule has 2 N–H and O–H groups in total. The Hall–Kier alpha value is -0.850. The molecule has 0 unspecified atom stereocenters. The third-order valence-corrected chi connectivity index (χ3v) is 6.13. The number of aliphatic imine (C=N–C) groups is 1. The number of piperazine rings is 1. The van der Waals surface area contributed by atoms with Crippen LogP contribution in [0.2, 0.25) is 0 Å². The number of nitrogens with one attached hydrogen (secondary N) is 2. The van der Waals surface area contributed by atoms with Crippen molar-refractivity contribution in [1.82, 2.24) is 20.4 Å². The van der Waals surface area contributed by atoms with Crippen molar-refractivity contribution in [3.8, 4) is 0 Å². The Kier molecular flexibility index (Phi) is 9.72. The molecule has 1 saturated carbocycles. The Labute approximate surface area is 160 Å². The number of hydrogen-bond donors (Lipinski definition) is 2. The molecule has 6 heteroatoms. The van der Waals surface area contributed by atoms with Crippen molar-refractivity contribution in [2.24, 2.45) is 10.4 Å². The summed E-state index contributed by atoms with van der Waals surface area (Å²) in [6, 6.07) is 0. The molecule has 1 saturated heterocycles. The SMILES string of the molecule is CCOCCC1(CNC(=NC)NCCN2CCN(CC)CC2)CCCC1. The fourth-order valence-corrected chi connectivity index (χ4v) is 4.23. The van der Waals surface area contributed by atoms with Gasteiger partial charge in [-0.2, -0.15) is 0 Å². The highest BCUT2D eigenvalue weighted by molar-refractivity contribution is 5.79. The third kappa shape index (κ3) is 7.05. The van der Waals surface area contributed by atoms with Gasteiger partial charge in [0.15, 0.2) is 5.96 Å². The zero-order valence-corrected chi connectivity index (χ0v) is 17.4. The zero-order valence-electron chi connectivity index (χ0n) is 17.4. The molecule has 0 aromatic carbocycles. The van der Waals surface area contributed by atoms with Crippen LogP contribution in [0.3, 0.4) is 0 Å². The first-order valence-corrected chi connectivity index (χ1v) is 10.7. The summed E-state index contributed by atoms with van der Waals surface area (Å²) in [4.78, 5) is 9.49. The molecule has 1 aliphatic heterocycles. The highest BCUT2D eigenvalue weighted by atomic mass is 16.5. The number of hydrogen-bond acceptors (Lipinski definition) is 4. The second kappa shape index (κ2) is 11.8. The van der Waals surface area contributed by atoms with Crippen molar-refractivity contribution < 1.29 is 4.74 Å². The van der Waals surface area contributed by atoms with Gasteiger partial charge in [-0.25, -0.2) is 0 Å². The van der Waals surface area contributed by atoms with Crippen LogP contribution in [0, 0.1) is 5.41 Å². The molecule has 0 radical (unpaired) electrons. The van der Waals surface area contributed by atoms with Crippen LogP contribution in [0.15, 0.2) is 4.99 Å². The molecule has 0 aromatic rings. The topological polar surface area (TPSA) is 52.1 Å². The minimum Gasteiger partial charge on any atom is -0.382 e. The molecular weight excluding hydrogens is 326 g/mol. The maximum absolute atomic E-state index is 5.62. The van der Waals surface area contributed by atoms with E-state index >= 15 is 0 Å². The van der Waals surface area contributed by atoms with Gasteiger partial charge in [-0.3, -0.25) is 9.89 Å². The molecule has 0 atom stereocenters. The van der Waals surface area contributed by atoms with Gasteiger partial charge in [0.1, 0.15) is 0 Å². The average Bonchev–Trinajstić information content (AvgIpc) is 3.14. The molecule has 2 aliphatic rings. The summed E-state index contributed by atoms with van der Waals surface area (Å²) >= 11 is 0. The van der Waals surface area contributed by atoms with E-state index in [0.29, 0.717) is 5.41 Å². The van der Waals surface area contributed by atoms with Crippen LogP contribution in [0.25, 0.3) is 0 Å². The normalized spacial score (nSPS) is 21.9. The molecular formula is C20H41N5O. The number of rotatable bonds is 10. The van der Waals surface area contributed by atoms with Crippen molar-refractivity contribution in [2.45, 2.75) is 46.0 Å². The first kappa shape index (κ1) is 21.5. The Morgan fingerprint density at radius 1 is 1.04 bits per heavy atom. The maximum Gasteiger partial charge on any atom is 0.191 e. The van der Waals surface area contributed by atoms with Gasteiger partial charge >= 0.3 is 0 Å². The van der Waals surface area contributed by atoms with Crippen molar-refractivity contribution in [2.75, 3.05) is 72.6 Å². The van der Waals surface area contributed by atoms with Gasteiger partial charge in [0.05, 0.1) is 0 Å². The largest absolute Gasteiger partial charge is 0.382 e. The van der Waals surface area contributed by atoms with E-state index in [1.54, 1.807) is 0 Å². The Balaban J connectivity index is 1.66. The molecule has 2 fully saturated rings. The number of ether oxygens (including phenoxy) is 1. The first-order valence-electron chi connectivity index (χ1n) is 10.7. The minimum absolute atomic E-state index is 0.392. The molecule has 1 aliphatic carbocycles. The molecule has 2 rings (SSSR count). The van der Waals surface area contributed by atoms with Gasteiger partial charge in [0, 0.05) is 66.1 Å². The van der Waals surface area contributed by atoms with E-state index in [9.17, 15) is 0 Å². The summed E-state index contributed by atoms with van der Waals surface area (Å²) in [5.74, 6) is 0.944. The molecule has 0 amide bonds. The number of guanidine groups is 1. The average molecular weight is 368 g/mol. The lowest BCUT2D eigenvalue weighted by molar-refractivity contribution is 0.105. The van der Waals surface area contributed by atoms with E-state index in [4.69, 9.17) is 4.74 Å². The second-order valence-electron chi connectivity index (χ2n) is 7.78. The Bertz CT molecular complexity index is 401. The summed E-state index contributed by atoms with van der Waals surface area (Å²) < 4.78 is 5.62. The van der Waals surface area contributed by atoms with Gasteiger partial charge in [-0.1, -0.05) is 19.8 Å². The predicted octanol–water partition coefficient (Wildman–Crippen LogP) is 1.78. The summed E-state index contributed by atoms with van der Waals surface area (Å²) in [7, 11) is 1.87. The van der Waals surface area contributed by atoms with Gasteiger partial charge in [-0.15, -0.1) is 0 Å². The van der Waals surface area contributed by atoms with E-state index in [1.165, 1.54) is 58.4 Å². The monoisotopic (exact) mass is 367 g/mol. The van der Waals surface area contributed by atoms with E-state index in [2.05, 4.69) is 39.3 Å². The minimum atomic E-state index is 0.392. The van der Waals surface area contributed by atoms with Crippen LogP contribution in [0.5, 0.6) is 0 Å². The second-order valence-corrected chi connectivity index (χ2v) is 7.78. The standard InChI is InChI=1S/C20H41N5O/c1-4-24-13-15-25(16-14-24)12-11-22-19(21-3)23-18-20(8-6-7-9-20)10-17-26-5-2/h4-18H2,1-3H3,(H2,21,22,23). The van der Waals surface area contributed by atoms with Crippen LogP contribution < -0.4 is 10.6 Å². The summed E-state index contributed by atoms with van der Waals surface area (Å²) in [6.45, 7) is 15.0. The fourth-order valence-electron chi connectivity index (χ4n) is 4.23. The van der Waals surface area contributed by atoms with Crippen molar-refractivity contribution in [3.05, 3.63) is 0 Å². The summed E-state index contributed by atoms with van der Waals surface area (Å²) in [5, 5.41) is 7.09. The van der Waals surface area contributed by atoms with Crippen molar-refractivity contribution >= 4 is 5.96 Å². The Morgan fingerprint density at radius 3 is 2.35 bits per heavy atom. The van der Waals surface area contributed by atoms with E-state index < -0.39 is 0 Å². The van der Waals surface area contributed by atoms with Gasteiger partial charge in [0.2, 0.25) is 0 Å². The number of likely N-dealkylation sites (N-methyl/N-ethyl adjacent to an activating group) is 1. The van der Waals surface area contributed by atoms with Crippen LogP contribution in [0.1, 0.15) is 46.0 Å². The predicted molar refractivity (Wildman–Crippen MR) is 110 cm³/mol. The lowest BCUT2D eigenvalue weighted by Crippen LogP contribution is -2.49. The van der Waals surface area contributed by atoms with Crippen LogP contribution >= 0.6 is 0 Å². The fraction of sp³-hybridized carbons (Fsp3) is 0.950. The molecule has 0 bridgehead atoms. The molecule has 0 aromatic heterocycles. The van der Waals surface area contributed by atoms with Gasteiger partial charge in [-0.05, 0) is 38.1 Å². The van der Waals surface area contributed by atoms with Crippen LogP contribution in [0.4, 0.5) is 0 Å². The zero-order chi connectivity index (χ0) is 18.7. The summed E-state index contributed by atoms with van der Waals surface area (Å²) in [6.07, 6.45) is 6.48. The van der Waals surface area contributed by atoms with E-state index in [0.717, 1.165) is 45.2 Å². The third-order valence-electron chi connectivity index (χ3n) is 6.13. The van der Waals surface area contributed by atoms with Crippen molar-refractivity contribution in [3.63, 3.8) is 0 Å². The highest BCUT2D eigenvalue weighted by Gasteiger charge is 2.33. The Morgan fingerprint density at radius 2 is 1.73 bits per heavy atom. The van der Waals surface area contributed by atoms with Gasteiger partial charge in [0.25, 0.3) is 0 Å². The van der Waals surface area contributed by atoms with E-state index in [-0.39, 0.29) is 0 Å². The lowest BCUT2D eigenvalue weighted by Gasteiger charge is -2.34. The number of nitrogens with zero attached hydrogens (tertiary/aromatic N) is 3. The van der Waals surface area contributed by atoms with E-state index in [1.807, 2.05) is 7.05 Å². The smallest absolute Gasteiger partial charge is 0.191 e. The maximum atomic E-state index is 5.62. The lowest BCUT2D eigenvalue weighted by atomic mass is 9.83.